The zero-order valence-corrected chi connectivity index (χ0v) is 18.9. The largest absolute Gasteiger partial charge is 0.481 e. The maximum Gasteiger partial charge on any atom is 0.326 e. The smallest absolute Gasteiger partial charge is 0.326 e. The zero-order valence-electron chi connectivity index (χ0n) is 18.9. The molecule has 35 heavy (non-hydrogen) atoms. The Bertz CT molecular complexity index is 817. The van der Waals surface area contributed by atoms with Gasteiger partial charge in [0.1, 0.15) is 24.2 Å². The maximum absolute atomic E-state index is 12.8. The van der Waals surface area contributed by atoms with Crippen LogP contribution in [-0.2, 0) is 33.6 Å². The number of nitrogens with one attached hydrogen (secondary N) is 3. The minimum Gasteiger partial charge on any atom is -0.481 e. The molecule has 5 unspecified atom stereocenters. The van der Waals surface area contributed by atoms with Gasteiger partial charge >= 0.3 is 17.9 Å². The molecule has 4 amide bonds. The summed E-state index contributed by atoms with van der Waals surface area (Å²) in [5.41, 5.74) is 10.6. The number of aliphatic carboxylic acids is 3. The van der Waals surface area contributed by atoms with E-state index in [4.69, 9.17) is 21.7 Å². The minimum absolute atomic E-state index is 0.330. The average molecular weight is 505 g/mol. The Morgan fingerprint density at radius 3 is 1.43 bits per heavy atom. The number of hydrogen-bond donors (Lipinski definition) is 9. The number of carboxylic acids is 3. The quantitative estimate of drug-likeness (QED) is 0.0920. The highest BCUT2D eigenvalue weighted by Crippen LogP contribution is 2.06. The molecule has 5 atom stereocenters. The van der Waals surface area contributed by atoms with Crippen molar-refractivity contribution in [3.8, 4) is 0 Å². The average Bonchev–Trinajstić information content (AvgIpc) is 2.74. The van der Waals surface area contributed by atoms with Crippen molar-refractivity contribution < 1.29 is 54.0 Å². The van der Waals surface area contributed by atoms with Gasteiger partial charge in [0.05, 0.1) is 6.10 Å². The van der Waals surface area contributed by atoms with E-state index in [0.29, 0.717) is 0 Å². The molecule has 16 heteroatoms. The predicted molar refractivity (Wildman–Crippen MR) is 115 cm³/mol. The summed E-state index contributed by atoms with van der Waals surface area (Å²) in [6, 6.07) is -6.14. The summed E-state index contributed by atoms with van der Waals surface area (Å²) in [7, 11) is 0. The number of amides is 4. The van der Waals surface area contributed by atoms with Gasteiger partial charge in [-0.15, -0.1) is 0 Å². The number of primary amides is 1. The van der Waals surface area contributed by atoms with E-state index in [1.807, 2.05) is 5.32 Å². The Hall–Kier alpha value is -3.79. The molecule has 0 aromatic rings. The van der Waals surface area contributed by atoms with Crippen LogP contribution < -0.4 is 27.4 Å². The number of rotatable bonds is 17. The van der Waals surface area contributed by atoms with E-state index < -0.39 is 97.5 Å². The molecule has 0 radical (unpaired) electrons. The lowest BCUT2D eigenvalue weighted by Crippen LogP contribution is -2.58. The zero-order chi connectivity index (χ0) is 27.3. The first-order valence-corrected chi connectivity index (χ1v) is 10.4. The Labute approximate surface area is 199 Å². The summed E-state index contributed by atoms with van der Waals surface area (Å²) in [5, 5.41) is 42.8. The van der Waals surface area contributed by atoms with Crippen LogP contribution >= 0.6 is 0 Å². The van der Waals surface area contributed by atoms with Crippen molar-refractivity contribution in [3.63, 3.8) is 0 Å². The van der Waals surface area contributed by atoms with Crippen molar-refractivity contribution in [1.29, 1.82) is 0 Å². The SMILES string of the molecule is CC(O)C(N)C(=O)NC(CCC(N)=O)C(=O)NC(CCC(=O)O)C(=O)NC(CCC(=O)O)C(=O)O. The van der Waals surface area contributed by atoms with Crippen molar-refractivity contribution in [2.24, 2.45) is 11.5 Å². The number of carbonyl (C=O) groups is 7. The van der Waals surface area contributed by atoms with Crippen LogP contribution in [-0.4, -0.2) is 92.2 Å². The van der Waals surface area contributed by atoms with Crippen molar-refractivity contribution in [2.75, 3.05) is 0 Å². The molecule has 0 aliphatic rings. The van der Waals surface area contributed by atoms with Gasteiger partial charge < -0.3 is 47.8 Å². The first-order chi connectivity index (χ1) is 16.1. The maximum atomic E-state index is 12.8. The summed E-state index contributed by atoms with van der Waals surface area (Å²) in [4.78, 5) is 81.7. The minimum atomic E-state index is -1.64. The Morgan fingerprint density at radius 1 is 0.686 bits per heavy atom. The first kappa shape index (κ1) is 31.2. The van der Waals surface area contributed by atoms with E-state index in [2.05, 4.69) is 10.6 Å². The van der Waals surface area contributed by atoms with Crippen LogP contribution in [0.15, 0.2) is 0 Å². The Kier molecular flexibility index (Phi) is 13.5. The number of nitrogens with two attached hydrogens (primary N) is 2. The second-order valence-electron chi connectivity index (χ2n) is 7.66. The highest BCUT2D eigenvalue weighted by Gasteiger charge is 2.31. The molecule has 0 saturated carbocycles. The number of aliphatic hydroxyl groups is 1. The van der Waals surface area contributed by atoms with Gasteiger partial charge in [-0.1, -0.05) is 0 Å². The van der Waals surface area contributed by atoms with Crippen molar-refractivity contribution >= 4 is 41.5 Å². The molecule has 0 heterocycles. The molecular weight excluding hydrogens is 474 g/mol. The molecule has 16 nitrogen and oxygen atoms in total. The van der Waals surface area contributed by atoms with Crippen LogP contribution in [0.1, 0.15) is 45.4 Å². The lowest BCUT2D eigenvalue weighted by atomic mass is 10.1. The summed E-state index contributed by atoms with van der Waals surface area (Å²) < 4.78 is 0. The van der Waals surface area contributed by atoms with E-state index >= 15 is 0 Å². The molecule has 0 aliphatic heterocycles. The van der Waals surface area contributed by atoms with E-state index in [1.54, 1.807) is 0 Å². The molecule has 0 aromatic carbocycles. The normalized spacial score (nSPS) is 14.9. The first-order valence-electron chi connectivity index (χ1n) is 10.4. The molecule has 198 valence electrons. The number of carboxylic acid groups (broad SMARTS) is 3. The van der Waals surface area contributed by atoms with Gasteiger partial charge in [-0.2, -0.15) is 0 Å². The second kappa shape index (κ2) is 15.2. The van der Waals surface area contributed by atoms with Crippen molar-refractivity contribution in [3.05, 3.63) is 0 Å². The monoisotopic (exact) mass is 505 g/mol. The van der Waals surface area contributed by atoms with Gasteiger partial charge in [0.15, 0.2) is 0 Å². The molecular formula is C19H31N5O11. The van der Waals surface area contributed by atoms with Gasteiger partial charge in [-0.3, -0.25) is 28.8 Å². The summed E-state index contributed by atoms with van der Waals surface area (Å²) in [5.74, 6) is -8.14. The fraction of sp³-hybridized carbons (Fsp3) is 0.632. The fourth-order valence-corrected chi connectivity index (χ4v) is 2.65. The molecule has 0 saturated heterocycles. The summed E-state index contributed by atoms with van der Waals surface area (Å²) >= 11 is 0. The Balaban J connectivity index is 5.65. The van der Waals surface area contributed by atoms with Gasteiger partial charge in [-0.25, -0.2) is 4.79 Å². The topological polar surface area (TPSA) is 289 Å². The standard InChI is InChI=1S/C19H31N5O11/c1-8(25)15(21)18(33)23-9(2-5-12(20)26)16(31)22-10(3-6-13(27)28)17(32)24-11(19(34)35)4-7-14(29)30/h8-11,15,25H,2-7,21H2,1H3,(H2,20,26)(H,22,31)(H,23,33)(H,24,32)(H,27,28)(H,29,30)(H,34,35). The fourth-order valence-electron chi connectivity index (χ4n) is 2.65. The lowest BCUT2D eigenvalue weighted by molar-refractivity contribution is -0.144. The number of carbonyl (C=O) groups excluding carboxylic acids is 4. The highest BCUT2D eigenvalue weighted by molar-refractivity contribution is 5.94. The van der Waals surface area contributed by atoms with E-state index in [9.17, 15) is 43.8 Å². The number of aliphatic hydroxyl groups excluding tert-OH is 1. The predicted octanol–water partition coefficient (Wildman–Crippen LogP) is -3.77. The van der Waals surface area contributed by atoms with Crippen LogP contribution in [0.25, 0.3) is 0 Å². The van der Waals surface area contributed by atoms with E-state index in [1.165, 1.54) is 6.92 Å². The molecule has 0 bridgehead atoms. The third-order valence-corrected chi connectivity index (χ3v) is 4.68. The van der Waals surface area contributed by atoms with Crippen LogP contribution in [0.5, 0.6) is 0 Å². The molecule has 0 spiro atoms. The number of hydrogen-bond acceptors (Lipinski definition) is 9. The Morgan fingerprint density at radius 2 is 1.06 bits per heavy atom. The summed E-state index contributed by atoms with van der Waals surface area (Å²) in [6.45, 7) is 1.22. The molecule has 0 aromatic heterocycles. The van der Waals surface area contributed by atoms with Gasteiger partial charge in [0.2, 0.25) is 23.6 Å². The van der Waals surface area contributed by atoms with Crippen molar-refractivity contribution in [2.45, 2.75) is 75.7 Å². The van der Waals surface area contributed by atoms with Crippen LogP contribution in [0.2, 0.25) is 0 Å². The highest BCUT2D eigenvalue weighted by atomic mass is 16.4. The molecule has 0 fully saturated rings. The van der Waals surface area contributed by atoms with Crippen LogP contribution in [0.3, 0.4) is 0 Å². The van der Waals surface area contributed by atoms with Crippen LogP contribution in [0, 0.1) is 0 Å². The van der Waals surface area contributed by atoms with Crippen LogP contribution in [0.4, 0.5) is 0 Å². The molecule has 11 N–H and O–H groups in total. The third kappa shape index (κ3) is 12.9. The van der Waals surface area contributed by atoms with Gasteiger partial charge in [0, 0.05) is 19.3 Å². The lowest BCUT2D eigenvalue weighted by Gasteiger charge is -2.25. The second-order valence-corrected chi connectivity index (χ2v) is 7.66. The van der Waals surface area contributed by atoms with E-state index in [-0.39, 0.29) is 12.8 Å². The van der Waals surface area contributed by atoms with E-state index in [0.717, 1.165) is 0 Å². The third-order valence-electron chi connectivity index (χ3n) is 4.68. The molecule has 0 aliphatic carbocycles. The van der Waals surface area contributed by atoms with Crippen molar-refractivity contribution in [1.82, 2.24) is 16.0 Å². The van der Waals surface area contributed by atoms with Gasteiger partial charge in [-0.05, 0) is 26.2 Å². The summed E-state index contributed by atoms with van der Waals surface area (Å²) in [6.07, 6.45) is -4.16. The molecule has 0 rings (SSSR count). The van der Waals surface area contributed by atoms with Gasteiger partial charge in [0.25, 0.3) is 0 Å².